The van der Waals surface area contributed by atoms with E-state index in [1.54, 1.807) is 30.0 Å². The minimum absolute atomic E-state index is 0.283. The van der Waals surface area contributed by atoms with Gasteiger partial charge in [-0.25, -0.2) is 4.79 Å². The van der Waals surface area contributed by atoms with Crippen LogP contribution in [0.4, 0.5) is 0 Å². The van der Waals surface area contributed by atoms with Gasteiger partial charge in [0, 0.05) is 4.90 Å². The lowest BCUT2D eigenvalue weighted by molar-refractivity contribution is -0.132. The number of nitrogens with zero attached hydrogens (tertiary/aromatic N) is 1. The van der Waals surface area contributed by atoms with Crippen LogP contribution in [-0.4, -0.2) is 17.3 Å². The predicted molar refractivity (Wildman–Crippen MR) is 77.7 cm³/mol. The van der Waals surface area contributed by atoms with Gasteiger partial charge in [-0.05, 0) is 30.0 Å². The summed E-state index contributed by atoms with van der Waals surface area (Å²) < 4.78 is 0. The van der Waals surface area contributed by atoms with Crippen molar-refractivity contribution < 1.29 is 9.90 Å². The summed E-state index contributed by atoms with van der Waals surface area (Å²) in [6, 6.07) is 9.68. The molecule has 0 unspecified atom stereocenters. The second-order valence-corrected chi connectivity index (χ2v) is 4.39. The highest BCUT2D eigenvalue weighted by Gasteiger charge is 2.01. The fourth-order valence-corrected chi connectivity index (χ4v) is 1.66. The molecule has 19 heavy (non-hydrogen) atoms. The number of carboxylic acids is 1. The number of aliphatic carboxylic acids is 1. The molecular formula is C15H13NO2S. The highest BCUT2D eigenvalue weighted by atomic mass is 32.2. The smallest absolute Gasteiger partial charge is 0.346 e. The van der Waals surface area contributed by atoms with Crippen molar-refractivity contribution >= 4 is 23.8 Å². The average molecular weight is 271 g/mol. The van der Waals surface area contributed by atoms with Gasteiger partial charge in [-0.1, -0.05) is 36.4 Å². The van der Waals surface area contributed by atoms with Crippen LogP contribution in [0.25, 0.3) is 6.08 Å². The normalized spacial score (nSPS) is 11.9. The summed E-state index contributed by atoms with van der Waals surface area (Å²) in [5, 5.41) is 17.1. The van der Waals surface area contributed by atoms with Crippen molar-refractivity contribution in [2.24, 2.45) is 0 Å². The van der Waals surface area contributed by atoms with Gasteiger partial charge >= 0.3 is 5.97 Å². The molecule has 0 radical (unpaired) electrons. The Bertz CT molecular complexity index is 563. The highest BCUT2D eigenvalue weighted by molar-refractivity contribution is 7.98. The summed E-state index contributed by atoms with van der Waals surface area (Å²) in [4.78, 5) is 11.7. The largest absolute Gasteiger partial charge is 0.477 e. The molecule has 1 aromatic rings. The Labute approximate surface area is 116 Å². The number of thioether (sulfide) groups is 1. The predicted octanol–water partition coefficient (Wildman–Crippen LogP) is 3.51. The van der Waals surface area contributed by atoms with E-state index in [1.165, 1.54) is 17.0 Å². The third-order valence-electron chi connectivity index (χ3n) is 2.24. The van der Waals surface area contributed by atoms with Crippen LogP contribution in [0.5, 0.6) is 0 Å². The molecule has 0 aliphatic carbocycles. The van der Waals surface area contributed by atoms with Crippen LogP contribution in [0.1, 0.15) is 5.56 Å². The molecule has 0 saturated heterocycles. The minimum atomic E-state index is -1.22. The summed E-state index contributed by atoms with van der Waals surface area (Å²) in [5.41, 5.74) is 0.777. The standard InChI is InChI=1S/C15H13NO2S/c1-19-14-9-7-12(8-10-14)5-3-2-4-6-13(11-16)15(17)18/h2-10H,1H3,(H,17,18). The third-order valence-corrected chi connectivity index (χ3v) is 2.98. The quantitative estimate of drug-likeness (QED) is 0.385. The van der Waals surface area contributed by atoms with Gasteiger partial charge in [0.25, 0.3) is 0 Å². The third kappa shape index (κ3) is 5.28. The maximum Gasteiger partial charge on any atom is 0.346 e. The van der Waals surface area contributed by atoms with Crippen molar-refractivity contribution in [3.63, 3.8) is 0 Å². The summed E-state index contributed by atoms with van der Waals surface area (Å²) in [7, 11) is 0. The molecule has 3 nitrogen and oxygen atoms in total. The first-order valence-corrected chi connectivity index (χ1v) is 6.72. The second-order valence-electron chi connectivity index (χ2n) is 3.51. The summed E-state index contributed by atoms with van der Waals surface area (Å²) in [5.74, 6) is -1.22. The number of nitriles is 1. The van der Waals surface area contributed by atoms with E-state index in [0.717, 1.165) is 5.56 Å². The van der Waals surface area contributed by atoms with Crippen LogP contribution in [-0.2, 0) is 4.79 Å². The SMILES string of the molecule is CSc1ccc(C=CC=CC=C(C#N)C(=O)O)cc1. The second kappa shape index (κ2) is 7.96. The van der Waals surface area contributed by atoms with E-state index < -0.39 is 5.97 Å². The number of allylic oxidation sites excluding steroid dienone is 4. The van der Waals surface area contributed by atoms with Crippen molar-refractivity contribution in [2.45, 2.75) is 4.90 Å². The van der Waals surface area contributed by atoms with Gasteiger partial charge in [-0.2, -0.15) is 5.26 Å². The average Bonchev–Trinajstić information content (AvgIpc) is 2.43. The Balaban J connectivity index is 2.63. The molecule has 4 heteroatoms. The van der Waals surface area contributed by atoms with Crippen molar-refractivity contribution in [1.29, 1.82) is 5.26 Å². The number of hydrogen-bond acceptors (Lipinski definition) is 3. The lowest BCUT2D eigenvalue weighted by Crippen LogP contribution is -1.96. The minimum Gasteiger partial charge on any atom is -0.477 e. The monoisotopic (exact) mass is 271 g/mol. The fraction of sp³-hybridized carbons (Fsp3) is 0.0667. The van der Waals surface area contributed by atoms with E-state index in [0.29, 0.717) is 0 Å². The van der Waals surface area contributed by atoms with Crippen LogP contribution in [0.15, 0.2) is 59.0 Å². The van der Waals surface area contributed by atoms with Gasteiger partial charge < -0.3 is 5.11 Å². The van der Waals surface area contributed by atoms with E-state index in [9.17, 15) is 4.79 Å². The van der Waals surface area contributed by atoms with Crippen LogP contribution in [0, 0.1) is 11.3 Å². The number of carbonyl (C=O) groups is 1. The van der Waals surface area contributed by atoms with Gasteiger partial charge in [0.1, 0.15) is 11.6 Å². The first-order chi connectivity index (χ1) is 9.17. The molecule has 1 N–H and O–H groups in total. The highest BCUT2D eigenvalue weighted by Crippen LogP contribution is 2.15. The van der Waals surface area contributed by atoms with Gasteiger partial charge in [-0.15, -0.1) is 11.8 Å². The van der Waals surface area contributed by atoms with E-state index in [4.69, 9.17) is 10.4 Å². The number of rotatable bonds is 5. The molecule has 0 fully saturated rings. The molecule has 1 aromatic carbocycles. The van der Waals surface area contributed by atoms with Crippen molar-refractivity contribution in [2.75, 3.05) is 6.26 Å². The molecule has 0 atom stereocenters. The zero-order valence-corrected chi connectivity index (χ0v) is 11.2. The molecular weight excluding hydrogens is 258 g/mol. The van der Waals surface area contributed by atoms with Gasteiger partial charge in [0.2, 0.25) is 0 Å². The van der Waals surface area contributed by atoms with E-state index in [2.05, 4.69) is 0 Å². The first-order valence-electron chi connectivity index (χ1n) is 5.50. The molecule has 0 saturated carbocycles. The Kier molecular flexibility index (Phi) is 6.20. The van der Waals surface area contributed by atoms with Crippen LogP contribution < -0.4 is 0 Å². The molecule has 96 valence electrons. The van der Waals surface area contributed by atoms with Crippen molar-refractivity contribution in [1.82, 2.24) is 0 Å². The maximum absolute atomic E-state index is 10.5. The van der Waals surface area contributed by atoms with E-state index >= 15 is 0 Å². The number of carboxylic acid groups (broad SMARTS) is 1. The fourth-order valence-electron chi connectivity index (χ4n) is 1.25. The molecule has 0 spiro atoms. The van der Waals surface area contributed by atoms with E-state index in [1.807, 2.05) is 36.6 Å². The maximum atomic E-state index is 10.5. The zero-order chi connectivity index (χ0) is 14.1. The van der Waals surface area contributed by atoms with Crippen LogP contribution >= 0.6 is 11.8 Å². The molecule has 0 amide bonds. The molecule has 0 aromatic heterocycles. The Hall–Kier alpha value is -2.25. The van der Waals surface area contributed by atoms with Gasteiger partial charge in [-0.3, -0.25) is 0 Å². The number of benzene rings is 1. The molecule has 1 rings (SSSR count). The Morgan fingerprint density at radius 1 is 1.26 bits per heavy atom. The van der Waals surface area contributed by atoms with Crippen LogP contribution in [0.3, 0.4) is 0 Å². The Morgan fingerprint density at radius 3 is 2.47 bits per heavy atom. The summed E-state index contributed by atoms with van der Waals surface area (Å²) in [6.45, 7) is 0. The summed E-state index contributed by atoms with van der Waals surface area (Å²) in [6.07, 6.45) is 10.2. The topological polar surface area (TPSA) is 61.1 Å². The van der Waals surface area contributed by atoms with Crippen molar-refractivity contribution in [3.8, 4) is 6.07 Å². The molecule has 0 heterocycles. The molecule has 0 aliphatic heterocycles. The lowest BCUT2D eigenvalue weighted by Gasteiger charge is -1.95. The van der Waals surface area contributed by atoms with Gasteiger partial charge in [0.15, 0.2) is 0 Å². The molecule has 0 aliphatic rings. The van der Waals surface area contributed by atoms with E-state index in [-0.39, 0.29) is 5.57 Å². The Morgan fingerprint density at radius 2 is 1.95 bits per heavy atom. The first kappa shape index (κ1) is 14.8. The zero-order valence-electron chi connectivity index (χ0n) is 10.4. The number of hydrogen-bond donors (Lipinski definition) is 1. The van der Waals surface area contributed by atoms with Crippen LogP contribution in [0.2, 0.25) is 0 Å². The van der Waals surface area contributed by atoms with Gasteiger partial charge in [0.05, 0.1) is 0 Å². The summed E-state index contributed by atoms with van der Waals surface area (Å²) >= 11 is 1.69. The lowest BCUT2D eigenvalue weighted by atomic mass is 10.2. The molecule has 0 bridgehead atoms. The van der Waals surface area contributed by atoms with Crippen molar-refractivity contribution in [3.05, 3.63) is 59.7 Å².